The van der Waals surface area contributed by atoms with E-state index in [2.05, 4.69) is 187 Å². The lowest BCUT2D eigenvalue weighted by atomic mass is 9.35. The topological polar surface area (TPSA) is 19.6 Å². The molecule has 1 unspecified atom stereocenters. The number of rotatable bonds is 4. The minimum Gasteiger partial charge on any atom is -0.468 e. The molecule has 1 saturated carbocycles. The zero-order valence-corrected chi connectivity index (χ0v) is 49.8. The fraction of sp³-hybridized carbons (Fsp3) is 0.556. The molecule has 0 saturated heterocycles. The summed E-state index contributed by atoms with van der Waals surface area (Å²) in [5.41, 5.74) is 28.1. The van der Waals surface area contributed by atoms with Crippen molar-refractivity contribution < 1.29 is 4.42 Å². The van der Waals surface area contributed by atoms with Gasteiger partial charge in [-0.25, -0.2) is 0 Å². The number of anilines is 5. The first-order chi connectivity index (χ1) is 35.8. The van der Waals surface area contributed by atoms with Gasteiger partial charge < -0.3 is 14.2 Å². The van der Waals surface area contributed by atoms with Gasteiger partial charge in [-0.3, -0.25) is 0 Å². The molecule has 1 atom stereocenters. The summed E-state index contributed by atoms with van der Waals surface area (Å²) in [6, 6.07) is 16.4. The van der Waals surface area contributed by atoms with E-state index in [9.17, 15) is 0 Å². The van der Waals surface area contributed by atoms with E-state index in [0.29, 0.717) is 11.8 Å². The first-order valence-corrected chi connectivity index (χ1v) is 30.6. The zero-order valence-electron chi connectivity index (χ0n) is 49.8. The lowest BCUT2D eigenvalue weighted by Crippen LogP contribution is -2.62. The second-order valence-electron chi connectivity index (χ2n) is 30.9. The van der Waals surface area contributed by atoms with Crippen LogP contribution in [0.4, 0.5) is 28.4 Å². The first-order valence-electron chi connectivity index (χ1n) is 30.6. The second kappa shape index (κ2) is 16.9. The van der Waals surface area contributed by atoms with Crippen molar-refractivity contribution in [3.05, 3.63) is 128 Å². The molecule has 0 spiro atoms. The Kier molecular flexibility index (Phi) is 11.3. The Labute approximate surface area is 459 Å². The number of hydrogen-bond acceptors (Lipinski definition) is 3. The quantitative estimate of drug-likeness (QED) is 0.167. The van der Waals surface area contributed by atoms with E-state index in [1.165, 1.54) is 160 Å². The smallest absolute Gasteiger partial charge is 0.297 e. The van der Waals surface area contributed by atoms with Gasteiger partial charge in [0.2, 0.25) is 0 Å². The Morgan fingerprint density at radius 1 is 0.592 bits per heavy atom. The molecule has 3 aromatic carbocycles. The zero-order chi connectivity index (χ0) is 53.4. The number of furan rings is 1. The van der Waals surface area contributed by atoms with Crippen molar-refractivity contribution >= 4 is 63.4 Å². The van der Waals surface area contributed by atoms with E-state index in [0.717, 1.165) is 43.5 Å². The summed E-state index contributed by atoms with van der Waals surface area (Å²) in [4.78, 5) is 5.73. The van der Waals surface area contributed by atoms with Gasteiger partial charge in [-0.1, -0.05) is 159 Å². The van der Waals surface area contributed by atoms with Crippen molar-refractivity contribution in [2.24, 2.45) is 22.2 Å². The van der Waals surface area contributed by atoms with Crippen LogP contribution in [0.15, 0.2) is 88.0 Å². The molecule has 13 rings (SSSR count). The van der Waals surface area contributed by atoms with E-state index in [-0.39, 0.29) is 44.6 Å². The molecule has 0 bridgehead atoms. The van der Waals surface area contributed by atoms with Gasteiger partial charge in [0.1, 0.15) is 5.76 Å². The van der Waals surface area contributed by atoms with Crippen LogP contribution in [0.3, 0.4) is 0 Å². The van der Waals surface area contributed by atoms with Gasteiger partial charge in [0.25, 0.3) is 6.71 Å². The fourth-order valence-corrected chi connectivity index (χ4v) is 16.6. The van der Waals surface area contributed by atoms with E-state index >= 15 is 0 Å². The summed E-state index contributed by atoms with van der Waals surface area (Å²) in [5, 5.41) is 0. The summed E-state index contributed by atoms with van der Waals surface area (Å²) in [5.74, 6) is 2.01. The Hall–Kier alpha value is -4.70. The summed E-state index contributed by atoms with van der Waals surface area (Å²) in [6.45, 7) is 37.6. The predicted molar refractivity (Wildman–Crippen MR) is 326 cm³/mol. The van der Waals surface area contributed by atoms with Crippen molar-refractivity contribution in [1.29, 1.82) is 0 Å². The summed E-state index contributed by atoms with van der Waals surface area (Å²) in [7, 11) is 0. The van der Waals surface area contributed by atoms with Gasteiger partial charge in [-0.2, -0.15) is 0 Å². The molecule has 1 aromatic heterocycles. The molecule has 3 nitrogen and oxygen atoms in total. The summed E-state index contributed by atoms with van der Waals surface area (Å²) < 4.78 is 7.76. The lowest BCUT2D eigenvalue weighted by molar-refractivity contribution is 0.257. The molecule has 0 radical (unpaired) electrons. The third kappa shape index (κ3) is 7.75. The molecule has 76 heavy (non-hydrogen) atoms. The fourth-order valence-electron chi connectivity index (χ4n) is 16.6. The van der Waals surface area contributed by atoms with Gasteiger partial charge in [0.15, 0.2) is 0 Å². The van der Waals surface area contributed by atoms with Gasteiger partial charge in [-0.05, 0) is 226 Å². The Morgan fingerprint density at radius 3 is 1.82 bits per heavy atom. The number of hydrogen-bond donors (Lipinski definition) is 0. The van der Waals surface area contributed by atoms with Gasteiger partial charge in [0.05, 0.1) is 17.0 Å². The molecule has 0 amide bonds. The largest absolute Gasteiger partial charge is 0.468 e. The van der Waals surface area contributed by atoms with Crippen LogP contribution in [0.2, 0.25) is 0 Å². The average molecular weight is 1010 g/mol. The van der Waals surface area contributed by atoms with Crippen molar-refractivity contribution in [1.82, 2.24) is 0 Å². The molecular formula is C72H91BN2O. The highest BCUT2D eigenvalue weighted by Crippen LogP contribution is 2.58. The first kappa shape index (κ1) is 50.8. The summed E-state index contributed by atoms with van der Waals surface area (Å²) >= 11 is 0. The van der Waals surface area contributed by atoms with Crippen LogP contribution in [0.1, 0.15) is 251 Å². The second-order valence-corrected chi connectivity index (χ2v) is 30.9. The van der Waals surface area contributed by atoms with Crippen molar-refractivity contribution in [2.45, 2.75) is 234 Å². The third-order valence-electron chi connectivity index (χ3n) is 22.1. The van der Waals surface area contributed by atoms with Gasteiger partial charge in [-0.15, -0.1) is 0 Å². The predicted octanol–water partition coefficient (Wildman–Crippen LogP) is 18.6. The van der Waals surface area contributed by atoms with Crippen LogP contribution in [-0.4, -0.2) is 6.71 Å². The number of fused-ring (bicyclic) bond motifs is 8. The van der Waals surface area contributed by atoms with Gasteiger partial charge in [0, 0.05) is 33.9 Å². The molecule has 4 aromatic rings. The maximum Gasteiger partial charge on any atom is 0.297 e. The summed E-state index contributed by atoms with van der Waals surface area (Å²) in [6.07, 6.45) is 34.0. The average Bonchev–Trinajstić information content (AvgIpc) is 3.89. The van der Waals surface area contributed by atoms with Crippen molar-refractivity contribution in [3.63, 3.8) is 0 Å². The highest BCUT2D eigenvalue weighted by Gasteiger charge is 2.52. The number of benzene rings is 3. The van der Waals surface area contributed by atoms with Crippen LogP contribution in [-0.2, 0) is 28.1 Å². The molecular weight excluding hydrogens is 920 g/mol. The Balaban J connectivity index is 1.18. The monoisotopic (exact) mass is 1010 g/mol. The SMILES string of the molecule is CC1(C)CCC(C)(C)C2=C1C=C(N1c3cc(C4CCCCC4)cc4c3B(c3cc5c(cc3N4c3cc4c(cc3C3=CCCC=C3)C(C)(C)CCC4(C)C)C(C)(C)CCC5(C)C)c3oc4c(c31)CC(C(C)(C)C)C=C4)CC2. The minimum atomic E-state index is -0.0598. The molecule has 3 heterocycles. The highest BCUT2D eigenvalue weighted by molar-refractivity contribution is 6.99. The standard InChI is InChI=1S/C72H91BN2O/c1-66(2,3)47-26-29-62-50(38-47)64-65(76-62)73-57-41-54-56(72(14,15)35-33-70(54,10)11)43-59(57)75(58-42-55-53(69(8,9)32-34-71(55,12)13)40-49(58)45-24-20-17-21-25-45)61-37-46(44-22-18-16-19-23-44)36-60(63(61)73)74(64)48-27-28-51-52(39-48)68(6,7)31-30-67(51,4)5/h20,24-26,29,36-37,39-44,47H,16-19,21-23,27-28,30-35,38H2,1-15H3. The molecule has 0 N–H and O–H groups in total. The molecule has 1 fully saturated rings. The highest BCUT2D eigenvalue weighted by atomic mass is 16.3. The van der Waals surface area contributed by atoms with E-state index in [1.807, 2.05) is 0 Å². The number of nitrogens with zero attached hydrogens (tertiary/aromatic N) is 2. The van der Waals surface area contributed by atoms with Crippen molar-refractivity contribution in [3.8, 4) is 0 Å². The minimum absolute atomic E-state index is 0.0355. The van der Waals surface area contributed by atoms with Crippen LogP contribution in [0.5, 0.6) is 0 Å². The van der Waals surface area contributed by atoms with E-state index in [4.69, 9.17) is 4.42 Å². The molecule has 9 aliphatic rings. The Bertz CT molecular complexity index is 3280. The molecule has 4 heteroatoms. The van der Waals surface area contributed by atoms with Crippen LogP contribution < -0.4 is 26.4 Å². The van der Waals surface area contributed by atoms with Crippen LogP contribution in [0.25, 0.3) is 11.6 Å². The maximum atomic E-state index is 7.76. The lowest BCUT2D eigenvalue weighted by Gasteiger charge is -2.49. The molecule has 7 aliphatic carbocycles. The normalized spacial score (nSPS) is 25.1. The third-order valence-corrected chi connectivity index (χ3v) is 22.1. The van der Waals surface area contributed by atoms with E-state index < -0.39 is 0 Å². The molecule has 2 aliphatic heterocycles. The maximum absolute atomic E-state index is 7.76. The number of allylic oxidation sites excluding steroid dienone is 9. The Morgan fingerprint density at radius 2 is 1.18 bits per heavy atom. The van der Waals surface area contributed by atoms with Crippen LogP contribution in [0, 0.1) is 22.2 Å². The van der Waals surface area contributed by atoms with E-state index in [1.54, 1.807) is 11.1 Å². The van der Waals surface area contributed by atoms with Crippen molar-refractivity contribution in [2.75, 3.05) is 9.80 Å². The van der Waals surface area contributed by atoms with Crippen LogP contribution >= 0.6 is 0 Å². The molecule has 398 valence electrons. The van der Waals surface area contributed by atoms with Gasteiger partial charge >= 0.3 is 0 Å².